The number of carboxylic acid groups (broad SMARTS) is 1. The Bertz CT molecular complexity index is 415. The number of benzene rings is 1. The van der Waals surface area contributed by atoms with Gasteiger partial charge < -0.3 is 9.84 Å². The number of carbonyl (C=O) groups is 1. The van der Waals surface area contributed by atoms with Crippen LogP contribution in [0.4, 0.5) is 0 Å². The van der Waals surface area contributed by atoms with Gasteiger partial charge in [0.15, 0.2) is 0 Å². The highest BCUT2D eigenvalue weighted by molar-refractivity contribution is 7.98. The summed E-state index contributed by atoms with van der Waals surface area (Å²) in [5.41, 5.74) is 1.07. The first-order valence-electron chi connectivity index (χ1n) is 6.38. The van der Waals surface area contributed by atoms with E-state index in [0.29, 0.717) is 13.2 Å². The second kappa shape index (κ2) is 6.93. The molecule has 1 aliphatic rings. The van der Waals surface area contributed by atoms with Gasteiger partial charge in [0, 0.05) is 24.0 Å². The number of hydrogen-bond acceptors (Lipinski definition) is 4. The Balaban J connectivity index is 2.17. The van der Waals surface area contributed by atoms with E-state index in [-0.39, 0.29) is 12.5 Å². The summed E-state index contributed by atoms with van der Waals surface area (Å²) in [7, 11) is 0. The Kier molecular flexibility index (Phi) is 5.24. The van der Waals surface area contributed by atoms with Crippen LogP contribution in [0.15, 0.2) is 29.2 Å². The van der Waals surface area contributed by atoms with Crippen LogP contribution in [0, 0.1) is 0 Å². The van der Waals surface area contributed by atoms with Gasteiger partial charge in [-0.3, -0.25) is 9.69 Å². The van der Waals surface area contributed by atoms with Crippen LogP contribution in [-0.2, 0) is 9.53 Å². The maximum Gasteiger partial charge on any atom is 0.305 e. The van der Waals surface area contributed by atoms with E-state index in [1.807, 2.05) is 18.4 Å². The monoisotopic (exact) mass is 281 g/mol. The summed E-state index contributed by atoms with van der Waals surface area (Å²) < 4.78 is 5.33. The SMILES string of the molecule is CSc1ccc(C(CC(=O)O)N2CCOCC2)cc1. The summed E-state index contributed by atoms with van der Waals surface area (Å²) in [5.74, 6) is -0.759. The number of thioether (sulfide) groups is 1. The number of aliphatic carboxylic acids is 1. The quantitative estimate of drug-likeness (QED) is 0.839. The summed E-state index contributed by atoms with van der Waals surface area (Å²) in [6, 6.07) is 8.12. The summed E-state index contributed by atoms with van der Waals surface area (Å²) >= 11 is 1.69. The third-order valence-electron chi connectivity index (χ3n) is 3.35. The van der Waals surface area contributed by atoms with Crippen LogP contribution < -0.4 is 0 Å². The Hall–Kier alpha value is -1.04. The van der Waals surface area contributed by atoms with Crippen molar-refractivity contribution in [3.05, 3.63) is 29.8 Å². The van der Waals surface area contributed by atoms with E-state index in [2.05, 4.69) is 17.0 Å². The molecule has 1 saturated heterocycles. The van der Waals surface area contributed by atoms with E-state index in [0.717, 1.165) is 18.7 Å². The lowest BCUT2D eigenvalue weighted by Gasteiger charge is -2.34. The Morgan fingerprint density at radius 1 is 1.37 bits per heavy atom. The first kappa shape index (κ1) is 14.4. The fraction of sp³-hybridized carbons (Fsp3) is 0.500. The molecule has 1 unspecified atom stereocenters. The lowest BCUT2D eigenvalue weighted by atomic mass is 10.0. The summed E-state index contributed by atoms with van der Waals surface area (Å²) in [5, 5.41) is 9.11. The number of nitrogens with zero attached hydrogens (tertiary/aromatic N) is 1. The smallest absolute Gasteiger partial charge is 0.305 e. The van der Waals surface area contributed by atoms with E-state index in [9.17, 15) is 4.79 Å². The van der Waals surface area contributed by atoms with Crippen molar-refractivity contribution in [3.8, 4) is 0 Å². The first-order valence-corrected chi connectivity index (χ1v) is 7.60. The van der Waals surface area contributed by atoms with Crippen LogP contribution >= 0.6 is 11.8 Å². The molecule has 1 aliphatic heterocycles. The van der Waals surface area contributed by atoms with Crippen molar-refractivity contribution in [3.63, 3.8) is 0 Å². The number of morpholine rings is 1. The molecule has 0 amide bonds. The molecule has 104 valence electrons. The third kappa shape index (κ3) is 3.96. The second-order valence-corrected chi connectivity index (χ2v) is 5.41. The van der Waals surface area contributed by atoms with Gasteiger partial charge in [0.25, 0.3) is 0 Å². The van der Waals surface area contributed by atoms with Crippen molar-refractivity contribution in [1.82, 2.24) is 4.90 Å². The zero-order valence-electron chi connectivity index (χ0n) is 11.0. The molecule has 0 saturated carbocycles. The van der Waals surface area contributed by atoms with Gasteiger partial charge in [0.05, 0.1) is 19.6 Å². The molecule has 1 aromatic carbocycles. The molecule has 2 rings (SSSR count). The van der Waals surface area contributed by atoms with E-state index >= 15 is 0 Å². The van der Waals surface area contributed by atoms with Crippen molar-refractivity contribution in [2.45, 2.75) is 17.4 Å². The molecular weight excluding hydrogens is 262 g/mol. The molecule has 0 spiro atoms. The van der Waals surface area contributed by atoms with Crippen LogP contribution in [0.3, 0.4) is 0 Å². The van der Waals surface area contributed by atoms with Crippen molar-refractivity contribution < 1.29 is 14.6 Å². The van der Waals surface area contributed by atoms with Crippen molar-refractivity contribution in [2.75, 3.05) is 32.6 Å². The highest BCUT2D eigenvalue weighted by Crippen LogP contribution is 2.27. The fourth-order valence-corrected chi connectivity index (χ4v) is 2.75. The molecule has 19 heavy (non-hydrogen) atoms. The summed E-state index contributed by atoms with van der Waals surface area (Å²) in [4.78, 5) is 14.5. The Labute approximate surface area is 117 Å². The lowest BCUT2D eigenvalue weighted by molar-refractivity contribution is -0.139. The zero-order valence-corrected chi connectivity index (χ0v) is 11.9. The number of hydrogen-bond donors (Lipinski definition) is 1. The Morgan fingerprint density at radius 3 is 2.53 bits per heavy atom. The molecule has 0 radical (unpaired) electrons. The minimum absolute atomic E-state index is 0.0580. The van der Waals surface area contributed by atoms with Crippen LogP contribution in [0.1, 0.15) is 18.0 Å². The minimum Gasteiger partial charge on any atom is -0.481 e. The van der Waals surface area contributed by atoms with Crippen LogP contribution in [0.25, 0.3) is 0 Å². The largest absolute Gasteiger partial charge is 0.481 e. The average molecular weight is 281 g/mol. The molecule has 1 heterocycles. The molecular formula is C14H19NO3S. The molecule has 4 nitrogen and oxygen atoms in total. The van der Waals surface area contributed by atoms with Gasteiger partial charge in [-0.15, -0.1) is 11.8 Å². The molecule has 1 N–H and O–H groups in total. The summed E-state index contributed by atoms with van der Waals surface area (Å²) in [6.45, 7) is 2.95. The van der Waals surface area contributed by atoms with Gasteiger partial charge in [0.2, 0.25) is 0 Å². The topological polar surface area (TPSA) is 49.8 Å². The predicted octanol–water partition coefficient (Wildman–Crippen LogP) is 2.26. The Morgan fingerprint density at radius 2 is 2.00 bits per heavy atom. The highest BCUT2D eigenvalue weighted by atomic mass is 32.2. The van der Waals surface area contributed by atoms with Gasteiger partial charge in [-0.25, -0.2) is 0 Å². The lowest BCUT2D eigenvalue weighted by Crippen LogP contribution is -2.39. The van der Waals surface area contributed by atoms with Crippen LogP contribution in [0.5, 0.6) is 0 Å². The van der Waals surface area contributed by atoms with Gasteiger partial charge >= 0.3 is 5.97 Å². The third-order valence-corrected chi connectivity index (χ3v) is 4.10. The van der Waals surface area contributed by atoms with E-state index < -0.39 is 5.97 Å². The maximum atomic E-state index is 11.1. The van der Waals surface area contributed by atoms with Gasteiger partial charge in [-0.1, -0.05) is 12.1 Å². The molecule has 5 heteroatoms. The van der Waals surface area contributed by atoms with Crippen LogP contribution in [0.2, 0.25) is 0 Å². The van der Waals surface area contributed by atoms with Crippen molar-refractivity contribution in [2.24, 2.45) is 0 Å². The van der Waals surface area contributed by atoms with Gasteiger partial charge in [-0.2, -0.15) is 0 Å². The van der Waals surface area contributed by atoms with E-state index in [1.165, 1.54) is 4.90 Å². The number of rotatable bonds is 5. The zero-order chi connectivity index (χ0) is 13.7. The maximum absolute atomic E-state index is 11.1. The van der Waals surface area contributed by atoms with E-state index in [1.54, 1.807) is 11.8 Å². The van der Waals surface area contributed by atoms with Gasteiger partial charge in [0.1, 0.15) is 0 Å². The first-order chi connectivity index (χ1) is 9.20. The summed E-state index contributed by atoms with van der Waals surface area (Å²) in [6.07, 6.45) is 2.17. The minimum atomic E-state index is -0.759. The van der Waals surface area contributed by atoms with Crippen molar-refractivity contribution >= 4 is 17.7 Å². The average Bonchev–Trinajstić information content (AvgIpc) is 2.46. The fourth-order valence-electron chi connectivity index (χ4n) is 2.34. The second-order valence-electron chi connectivity index (χ2n) is 4.54. The molecule has 1 atom stereocenters. The van der Waals surface area contributed by atoms with E-state index in [4.69, 9.17) is 9.84 Å². The number of ether oxygens (including phenoxy) is 1. The molecule has 0 bridgehead atoms. The standard InChI is InChI=1S/C14H19NO3S/c1-19-12-4-2-11(3-5-12)13(10-14(16)17)15-6-8-18-9-7-15/h2-5,13H,6-10H2,1H3,(H,16,17). The normalized spacial score (nSPS) is 18.2. The molecule has 1 fully saturated rings. The molecule has 0 aliphatic carbocycles. The number of carboxylic acids is 1. The molecule has 0 aromatic heterocycles. The van der Waals surface area contributed by atoms with Gasteiger partial charge in [-0.05, 0) is 24.0 Å². The predicted molar refractivity (Wildman–Crippen MR) is 75.6 cm³/mol. The highest BCUT2D eigenvalue weighted by Gasteiger charge is 2.24. The van der Waals surface area contributed by atoms with Crippen LogP contribution in [-0.4, -0.2) is 48.5 Å². The van der Waals surface area contributed by atoms with Crippen molar-refractivity contribution in [1.29, 1.82) is 0 Å². The molecule has 1 aromatic rings.